The molecule has 3 aromatic carbocycles. The van der Waals surface area contributed by atoms with Gasteiger partial charge in [0, 0.05) is 16.8 Å². The van der Waals surface area contributed by atoms with Gasteiger partial charge in [0.25, 0.3) is 10.0 Å². The van der Waals surface area contributed by atoms with Gasteiger partial charge in [-0.25, -0.2) is 0 Å². The van der Waals surface area contributed by atoms with Crippen molar-refractivity contribution in [3.05, 3.63) is 95.6 Å². The van der Waals surface area contributed by atoms with Crippen molar-refractivity contribution in [3.63, 3.8) is 0 Å². The van der Waals surface area contributed by atoms with E-state index in [-0.39, 0.29) is 4.90 Å². The van der Waals surface area contributed by atoms with E-state index in [0.29, 0.717) is 11.4 Å². The van der Waals surface area contributed by atoms with Crippen LogP contribution >= 0.6 is 0 Å². The topological polar surface area (TPSA) is 84.5 Å². The number of benzene rings is 3. The van der Waals surface area contributed by atoms with E-state index in [4.69, 9.17) is 5.73 Å². The number of aryl methyl sites for hydroxylation is 1. The maximum Gasteiger partial charge on any atom is 0.276 e. The lowest BCUT2D eigenvalue weighted by molar-refractivity contribution is 0.584. The Morgan fingerprint density at radius 1 is 0.846 bits per heavy atom. The second-order valence-electron chi connectivity index (χ2n) is 5.86. The van der Waals surface area contributed by atoms with Crippen LogP contribution < -0.4 is 10.6 Å². The molecule has 0 aromatic heterocycles. The molecule has 6 heteroatoms. The highest BCUT2D eigenvalue weighted by atomic mass is 32.2. The molecule has 26 heavy (non-hydrogen) atoms. The van der Waals surface area contributed by atoms with E-state index < -0.39 is 10.0 Å². The van der Waals surface area contributed by atoms with Crippen LogP contribution in [0.2, 0.25) is 0 Å². The van der Waals surface area contributed by atoms with Crippen molar-refractivity contribution in [3.8, 4) is 0 Å². The summed E-state index contributed by atoms with van der Waals surface area (Å²) in [6.07, 6.45) is 0. The zero-order chi connectivity index (χ0) is 18.6. The summed E-state index contributed by atoms with van der Waals surface area (Å²) in [6.45, 7) is 1.90. The number of rotatable bonds is 5. The Bertz CT molecular complexity index is 1010. The molecule has 0 radical (unpaired) electrons. The molecule has 132 valence electrons. The normalized spacial score (nSPS) is 12.0. The van der Waals surface area contributed by atoms with Gasteiger partial charge in [0.2, 0.25) is 0 Å². The third-order valence-electron chi connectivity index (χ3n) is 3.84. The first kappa shape index (κ1) is 17.7. The molecule has 0 unspecified atom stereocenters. The summed E-state index contributed by atoms with van der Waals surface area (Å²) >= 11 is 0. The first-order valence-corrected chi connectivity index (χ1v) is 9.51. The van der Waals surface area contributed by atoms with E-state index in [1.165, 1.54) is 0 Å². The first-order valence-electron chi connectivity index (χ1n) is 8.03. The van der Waals surface area contributed by atoms with Crippen LogP contribution in [0.15, 0.2) is 88.9 Å². The maximum atomic E-state index is 12.5. The molecule has 0 aliphatic rings. The molecule has 0 saturated heterocycles. The molecule has 0 aliphatic heterocycles. The summed E-state index contributed by atoms with van der Waals surface area (Å²) in [5, 5.41) is 4.20. The van der Waals surface area contributed by atoms with Crippen LogP contribution in [0.25, 0.3) is 0 Å². The van der Waals surface area contributed by atoms with Gasteiger partial charge in [-0.2, -0.15) is 18.4 Å². The lowest BCUT2D eigenvalue weighted by Crippen LogP contribution is -2.21. The fourth-order valence-electron chi connectivity index (χ4n) is 2.41. The van der Waals surface area contributed by atoms with Crippen LogP contribution in [-0.2, 0) is 10.0 Å². The summed E-state index contributed by atoms with van der Waals surface area (Å²) < 4.78 is 25.1. The number of nitrogen functional groups attached to an aromatic ring is 1. The van der Waals surface area contributed by atoms with Gasteiger partial charge in [-0.3, -0.25) is 0 Å². The van der Waals surface area contributed by atoms with Crippen molar-refractivity contribution >= 4 is 21.4 Å². The average Bonchev–Trinajstić information content (AvgIpc) is 2.64. The minimum atomic E-state index is -3.76. The van der Waals surface area contributed by atoms with Crippen molar-refractivity contribution in [2.75, 3.05) is 5.73 Å². The number of hydrazone groups is 1. The fourth-order valence-corrected chi connectivity index (χ4v) is 3.22. The van der Waals surface area contributed by atoms with Crippen LogP contribution in [0.4, 0.5) is 5.69 Å². The van der Waals surface area contributed by atoms with Gasteiger partial charge in [0.1, 0.15) is 0 Å². The highest BCUT2D eigenvalue weighted by Crippen LogP contribution is 2.14. The Hall–Kier alpha value is -3.12. The summed E-state index contributed by atoms with van der Waals surface area (Å²) in [7, 11) is -3.76. The summed E-state index contributed by atoms with van der Waals surface area (Å²) in [5.41, 5.74) is 9.43. The zero-order valence-corrected chi connectivity index (χ0v) is 15.1. The summed E-state index contributed by atoms with van der Waals surface area (Å²) in [6, 6.07) is 23.1. The van der Waals surface area contributed by atoms with E-state index in [9.17, 15) is 8.42 Å². The molecule has 3 rings (SSSR count). The van der Waals surface area contributed by atoms with E-state index >= 15 is 0 Å². The van der Waals surface area contributed by atoms with Crippen molar-refractivity contribution in [1.82, 2.24) is 4.83 Å². The molecule has 0 heterocycles. The number of sulfonamides is 1. The SMILES string of the molecule is Cc1ccc(S(=O)(=O)N/N=C(\c2ccccc2)c2ccc(N)cc2)cc1. The molecule has 0 aliphatic carbocycles. The monoisotopic (exact) mass is 365 g/mol. The molecule has 0 amide bonds. The van der Waals surface area contributed by atoms with E-state index in [0.717, 1.165) is 16.7 Å². The third kappa shape index (κ3) is 4.10. The number of anilines is 1. The van der Waals surface area contributed by atoms with Gasteiger partial charge in [-0.15, -0.1) is 0 Å². The number of nitrogens with two attached hydrogens (primary N) is 1. The lowest BCUT2D eigenvalue weighted by Gasteiger charge is -2.10. The van der Waals surface area contributed by atoms with Gasteiger partial charge >= 0.3 is 0 Å². The minimum absolute atomic E-state index is 0.163. The van der Waals surface area contributed by atoms with Crippen molar-refractivity contribution in [2.24, 2.45) is 5.10 Å². The van der Waals surface area contributed by atoms with Crippen LogP contribution in [-0.4, -0.2) is 14.1 Å². The highest BCUT2D eigenvalue weighted by molar-refractivity contribution is 7.89. The largest absolute Gasteiger partial charge is 0.399 e. The molecule has 0 fully saturated rings. The predicted octanol–water partition coefficient (Wildman–Crippen LogP) is 3.31. The van der Waals surface area contributed by atoms with Crippen LogP contribution in [0.3, 0.4) is 0 Å². The molecular weight excluding hydrogens is 346 g/mol. The first-order chi connectivity index (χ1) is 12.5. The number of nitrogens with zero attached hydrogens (tertiary/aromatic N) is 1. The van der Waals surface area contributed by atoms with Crippen molar-refractivity contribution in [1.29, 1.82) is 0 Å². The lowest BCUT2D eigenvalue weighted by atomic mass is 10.0. The highest BCUT2D eigenvalue weighted by Gasteiger charge is 2.14. The minimum Gasteiger partial charge on any atom is -0.399 e. The van der Waals surface area contributed by atoms with Gasteiger partial charge in [0.15, 0.2) is 0 Å². The van der Waals surface area contributed by atoms with Gasteiger partial charge < -0.3 is 5.73 Å². The quantitative estimate of drug-likeness (QED) is 0.413. The number of hydrogen-bond acceptors (Lipinski definition) is 4. The fraction of sp³-hybridized carbons (Fsp3) is 0.0500. The molecule has 0 bridgehead atoms. The van der Waals surface area contributed by atoms with Crippen LogP contribution in [0, 0.1) is 6.92 Å². The van der Waals surface area contributed by atoms with Gasteiger partial charge in [-0.05, 0) is 31.2 Å². The standard InChI is InChI=1S/C20H19N3O2S/c1-15-7-13-19(14-8-15)26(24,25)23-22-20(16-5-3-2-4-6-16)17-9-11-18(21)12-10-17/h2-14,23H,21H2,1H3/b22-20+. The number of nitrogens with one attached hydrogen (secondary N) is 1. The number of hydrogen-bond donors (Lipinski definition) is 2. The van der Waals surface area contributed by atoms with Gasteiger partial charge in [0.05, 0.1) is 10.6 Å². The zero-order valence-electron chi connectivity index (χ0n) is 14.3. The van der Waals surface area contributed by atoms with Gasteiger partial charge in [-0.1, -0.05) is 60.2 Å². The molecule has 0 atom stereocenters. The van der Waals surface area contributed by atoms with Crippen molar-refractivity contribution < 1.29 is 8.42 Å². The Balaban J connectivity index is 1.99. The van der Waals surface area contributed by atoms with Crippen LogP contribution in [0.1, 0.15) is 16.7 Å². The van der Waals surface area contributed by atoms with E-state index in [1.54, 1.807) is 48.5 Å². The molecule has 3 N–H and O–H groups in total. The molecule has 0 saturated carbocycles. The average molecular weight is 365 g/mol. The second-order valence-corrected chi connectivity index (χ2v) is 7.52. The molecule has 0 spiro atoms. The van der Waals surface area contributed by atoms with E-state index in [1.807, 2.05) is 37.3 Å². The Labute approximate surface area is 153 Å². The predicted molar refractivity (Wildman–Crippen MR) is 104 cm³/mol. The summed E-state index contributed by atoms with van der Waals surface area (Å²) in [5.74, 6) is 0. The van der Waals surface area contributed by atoms with Crippen LogP contribution in [0.5, 0.6) is 0 Å². The Morgan fingerprint density at radius 2 is 1.42 bits per heavy atom. The maximum absolute atomic E-state index is 12.5. The molecular formula is C20H19N3O2S. The smallest absolute Gasteiger partial charge is 0.276 e. The molecule has 3 aromatic rings. The van der Waals surface area contributed by atoms with E-state index in [2.05, 4.69) is 9.93 Å². The molecule has 5 nitrogen and oxygen atoms in total. The Kier molecular flexibility index (Phi) is 5.04. The summed E-state index contributed by atoms with van der Waals surface area (Å²) in [4.78, 5) is 2.50. The van der Waals surface area contributed by atoms with Crippen molar-refractivity contribution in [2.45, 2.75) is 11.8 Å². The Morgan fingerprint density at radius 3 is 2.04 bits per heavy atom. The second kappa shape index (κ2) is 7.41. The third-order valence-corrected chi connectivity index (χ3v) is 5.06.